The molecule has 5 heteroatoms. The first-order valence-electron chi connectivity index (χ1n) is 7.85. The number of ketones is 2. The minimum atomic E-state index is -0.442. The van der Waals surface area contributed by atoms with Crippen LogP contribution in [0, 0.1) is 6.92 Å². The third-order valence-corrected chi connectivity index (χ3v) is 4.59. The van der Waals surface area contributed by atoms with Crippen molar-refractivity contribution in [2.75, 3.05) is 0 Å². The molecular formula is C21H15BrO4. The minimum Gasteiger partial charge on any atom is -0.507 e. The normalized spacial score (nSPS) is 10.5. The van der Waals surface area contributed by atoms with Crippen LogP contribution >= 0.6 is 15.9 Å². The van der Waals surface area contributed by atoms with Crippen LogP contribution < -0.4 is 0 Å². The van der Waals surface area contributed by atoms with Crippen LogP contribution in [0.1, 0.15) is 37.4 Å². The average molecular weight is 411 g/mol. The van der Waals surface area contributed by atoms with Gasteiger partial charge in [0.15, 0.2) is 11.6 Å². The van der Waals surface area contributed by atoms with E-state index in [2.05, 4.69) is 15.9 Å². The molecule has 3 aromatic carbocycles. The molecule has 0 saturated heterocycles. The number of hydrogen-bond donors (Lipinski definition) is 2. The summed E-state index contributed by atoms with van der Waals surface area (Å²) in [6.07, 6.45) is 0. The van der Waals surface area contributed by atoms with Crippen molar-refractivity contribution >= 4 is 27.5 Å². The van der Waals surface area contributed by atoms with Gasteiger partial charge in [0.25, 0.3) is 0 Å². The zero-order valence-corrected chi connectivity index (χ0v) is 15.4. The number of halogens is 1. The molecule has 26 heavy (non-hydrogen) atoms. The summed E-state index contributed by atoms with van der Waals surface area (Å²) in [4.78, 5) is 25.5. The number of carbonyl (C=O) groups excluding carboxylic acids is 2. The average Bonchev–Trinajstić information content (AvgIpc) is 2.63. The van der Waals surface area contributed by atoms with Gasteiger partial charge in [0, 0.05) is 15.6 Å². The van der Waals surface area contributed by atoms with Crippen molar-refractivity contribution in [2.24, 2.45) is 0 Å². The Morgan fingerprint density at radius 2 is 1.38 bits per heavy atom. The predicted octanol–water partition coefficient (Wildman–Crippen LogP) is 4.63. The molecule has 3 aromatic rings. The zero-order chi connectivity index (χ0) is 18.8. The van der Waals surface area contributed by atoms with Crippen LogP contribution in [0.3, 0.4) is 0 Å². The highest BCUT2D eigenvalue weighted by atomic mass is 79.9. The first-order chi connectivity index (χ1) is 12.4. The van der Waals surface area contributed by atoms with Gasteiger partial charge in [0.1, 0.15) is 11.5 Å². The summed E-state index contributed by atoms with van der Waals surface area (Å²) in [5.74, 6) is -1.16. The lowest BCUT2D eigenvalue weighted by atomic mass is 9.94. The van der Waals surface area contributed by atoms with Crippen molar-refractivity contribution < 1.29 is 19.8 Å². The number of phenols is 2. The maximum absolute atomic E-state index is 12.8. The predicted molar refractivity (Wildman–Crippen MR) is 102 cm³/mol. The van der Waals surface area contributed by atoms with Gasteiger partial charge in [0.2, 0.25) is 0 Å². The molecule has 0 aliphatic carbocycles. The first-order valence-corrected chi connectivity index (χ1v) is 8.64. The Bertz CT molecular complexity index is 1020. The second-order valence-electron chi connectivity index (χ2n) is 5.87. The highest BCUT2D eigenvalue weighted by Crippen LogP contribution is 2.28. The molecule has 0 aliphatic heterocycles. The van der Waals surface area contributed by atoms with E-state index in [1.807, 2.05) is 6.07 Å². The van der Waals surface area contributed by atoms with Crippen molar-refractivity contribution in [3.05, 3.63) is 93.0 Å². The summed E-state index contributed by atoms with van der Waals surface area (Å²) < 4.78 is 0.647. The summed E-state index contributed by atoms with van der Waals surface area (Å²) >= 11 is 3.27. The topological polar surface area (TPSA) is 74.6 Å². The van der Waals surface area contributed by atoms with E-state index in [9.17, 15) is 19.8 Å². The van der Waals surface area contributed by atoms with E-state index in [0.717, 1.165) is 5.56 Å². The van der Waals surface area contributed by atoms with Gasteiger partial charge >= 0.3 is 0 Å². The van der Waals surface area contributed by atoms with Gasteiger partial charge in [0.05, 0.1) is 11.1 Å². The number of benzene rings is 3. The Hall–Kier alpha value is -2.92. The number of carbonyl (C=O) groups is 2. The molecule has 4 nitrogen and oxygen atoms in total. The van der Waals surface area contributed by atoms with Crippen LogP contribution in [-0.2, 0) is 0 Å². The number of aryl methyl sites for hydroxylation is 1. The number of rotatable bonds is 4. The van der Waals surface area contributed by atoms with Crippen LogP contribution in [0.15, 0.2) is 65.1 Å². The molecule has 0 saturated carbocycles. The molecule has 0 bridgehead atoms. The van der Waals surface area contributed by atoms with E-state index in [1.165, 1.54) is 30.3 Å². The zero-order valence-electron chi connectivity index (χ0n) is 13.9. The second-order valence-corrected chi connectivity index (χ2v) is 6.78. The molecule has 0 unspecified atom stereocenters. The van der Waals surface area contributed by atoms with E-state index < -0.39 is 5.78 Å². The van der Waals surface area contributed by atoms with E-state index >= 15 is 0 Å². The largest absolute Gasteiger partial charge is 0.507 e. The summed E-state index contributed by atoms with van der Waals surface area (Å²) in [6.45, 7) is 1.80. The Balaban J connectivity index is 2.06. The molecule has 0 aromatic heterocycles. The van der Waals surface area contributed by atoms with Gasteiger partial charge in [-0.1, -0.05) is 40.2 Å². The van der Waals surface area contributed by atoms with Gasteiger partial charge in [-0.05, 0) is 48.9 Å². The fraction of sp³-hybridized carbons (Fsp3) is 0.0476. The van der Waals surface area contributed by atoms with Gasteiger partial charge < -0.3 is 10.2 Å². The molecule has 0 radical (unpaired) electrons. The van der Waals surface area contributed by atoms with Crippen molar-refractivity contribution in [2.45, 2.75) is 6.92 Å². The van der Waals surface area contributed by atoms with Gasteiger partial charge in [-0.15, -0.1) is 0 Å². The maximum Gasteiger partial charge on any atom is 0.197 e. The summed E-state index contributed by atoms with van der Waals surface area (Å²) in [5.41, 5.74) is 1.59. The molecule has 0 atom stereocenters. The summed E-state index contributed by atoms with van der Waals surface area (Å²) in [7, 11) is 0. The van der Waals surface area contributed by atoms with E-state index in [1.54, 1.807) is 31.2 Å². The van der Waals surface area contributed by atoms with Crippen LogP contribution in [0.2, 0.25) is 0 Å². The highest BCUT2D eigenvalue weighted by Gasteiger charge is 2.20. The fourth-order valence-electron chi connectivity index (χ4n) is 2.68. The fourth-order valence-corrected chi connectivity index (χ4v) is 3.04. The third-order valence-electron chi connectivity index (χ3n) is 4.10. The molecule has 130 valence electrons. The molecule has 0 amide bonds. The molecule has 3 rings (SSSR count). The van der Waals surface area contributed by atoms with Crippen molar-refractivity contribution in [1.82, 2.24) is 0 Å². The van der Waals surface area contributed by atoms with Crippen molar-refractivity contribution in [3.8, 4) is 11.5 Å². The monoisotopic (exact) mass is 410 g/mol. The lowest BCUT2D eigenvalue weighted by Crippen LogP contribution is -2.07. The van der Waals surface area contributed by atoms with Gasteiger partial charge in [-0.2, -0.15) is 0 Å². The van der Waals surface area contributed by atoms with Crippen molar-refractivity contribution in [1.29, 1.82) is 0 Å². The minimum absolute atomic E-state index is 0.0413. The first kappa shape index (κ1) is 17.9. The van der Waals surface area contributed by atoms with Gasteiger partial charge in [-0.3, -0.25) is 9.59 Å². The molecule has 0 spiro atoms. The van der Waals surface area contributed by atoms with E-state index in [-0.39, 0.29) is 34.0 Å². The highest BCUT2D eigenvalue weighted by molar-refractivity contribution is 9.10. The second kappa shape index (κ2) is 7.14. The number of hydrogen-bond acceptors (Lipinski definition) is 4. The molecule has 0 aliphatic rings. The number of aromatic hydroxyl groups is 2. The lowest BCUT2D eigenvalue weighted by molar-refractivity contribution is 0.103. The molecule has 0 fully saturated rings. The Kier molecular flexibility index (Phi) is 4.91. The number of phenolic OH excluding ortho intramolecular Hbond substituents is 2. The molecular weight excluding hydrogens is 396 g/mol. The standard InChI is InChI=1S/C21H15BrO4/c1-12-4-2-3-5-15(12)21(26)16-10-13(6-8-18(16)23)20(25)17-11-14(22)7-9-19(17)24/h2-11,23-24H,1H3. The maximum atomic E-state index is 12.8. The third kappa shape index (κ3) is 3.39. The molecule has 0 heterocycles. The van der Waals surface area contributed by atoms with Crippen LogP contribution in [-0.4, -0.2) is 21.8 Å². The Morgan fingerprint density at radius 1 is 0.769 bits per heavy atom. The smallest absolute Gasteiger partial charge is 0.197 e. The van der Waals surface area contributed by atoms with E-state index in [0.29, 0.717) is 10.0 Å². The SMILES string of the molecule is Cc1ccccc1C(=O)c1cc(C(=O)c2cc(Br)ccc2O)ccc1O. The van der Waals surface area contributed by atoms with E-state index in [4.69, 9.17) is 0 Å². The Labute approximate surface area is 158 Å². The molecule has 2 N–H and O–H groups in total. The van der Waals surface area contributed by atoms with Crippen LogP contribution in [0.25, 0.3) is 0 Å². The van der Waals surface area contributed by atoms with Gasteiger partial charge in [-0.25, -0.2) is 0 Å². The van der Waals surface area contributed by atoms with Crippen LogP contribution in [0.4, 0.5) is 0 Å². The lowest BCUT2D eigenvalue weighted by Gasteiger charge is -2.10. The quantitative estimate of drug-likeness (QED) is 0.614. The van der Waals surface area contributed by atoms with Crippen molar-refractivity contribution in [3.63, 3.8) is 0 Å². The Morgan fingerprint density at radius 3 is 2.08 bits per heavy atom. The summed E-state index contributed by atoms with van der Waals surface area (Å²) in [5, 5.41) is 20.1. The van der Waals surface area contributed by atoms with Crippen LogP contribution in [0.5, 0.6) is 11.5 Å². The summed E-state index contributed by atoms with van der Waals surface area (Å²) in [6, 6.07) is 15.7.